The van der Waals surface area contributed by atoms with Crippen LogP contribution in [0, 0.1) is 0 Å². The molecule has 1 fully saturated rings. The van der Waals surface area contributed by atoms with Crippen LogP contribution < -0.4 is 10.6 Å². The van der Waals surface area contributed by atoms with Crippen LogP contribution in [0.3, 0.4) is 0 Å². The molecule has 2 aromatic heterocycles. The molecule has 184 valence electrons. The minimum atomic E-state index is -3.96. The predicted octanol–water partition coefficient (Wildman–Crippen LogP) is 0.518. The maximum absolute atomic E-state index is 13.4. The van der Waals surface area contributed by atoms with Crippen LogP contribution in [0.25, 0.3) is 10.9 Å². The highest BCUT2D eigenvalue weighted by Crippen LogP contribution is 2.26. The number of aromatic nitrogens is 3. The summed E-state index contributed by atoms with van der Waals surface area (Å²) in [5.41, 5.74) is 2.37. The van der Waals surface area contributed by atoms with E-state index in [1.165, 1.54) is 22.3 Å². The number of hydrogen-bond acceptors (Lipinski definition) is 7. The molecule has 0 bridgehead atoms. The minimum Gasteiger partial charge on any atom is -0.357 e. The second-order valence-electron chi connectivity index (χ2n) is 8.45. The molecule has 11 nitrogen and oxygen atoms in total. The summed E-state index contributed by atoms with van der Waals surface area (Å²) in [5, 5.41) is 6.91. The molecule has 1 aromatic carbocycles. The van der Waals surface area contributed by atoms with Crippen LogP contribution in [0.1, 0.15) is 21.9 Å². The predicted molar refractivity (Wildman–Crippen MR) is 128 cm³/mol. The Morgan fingerprint density at radius 3 is 2.86 bits per heavy atom. The molecule has 13 heteroatoms. The smallest absolute Gasteiger partial charge is 0.292 e. The van der Waals surface area contributed by atoms with Gasteiger partial charge in [0.25, 0.3) is 15.9 Å². The Kier molecular flexibility index (Phi) is 6.21. The summed E-state index contributed by atoms with van der Waals surface area (Å²) in [4.78, 5) is 38.9. The topological polar surface area (TPSA) is 140 Å². The van der Waals surface area contributed by atoms with E-state index < -0.39 is 27.9 Å². The van der Waals surface area contributed by atoms with Crippen molar-refractivity contribution >= 4 is 44.3 Å². The highest BCUT2D eigenvalue weighted by molar-refractivity contribution is 7.89. The number of piperazine rings is 1. The van der Waals surface area contributed by atoms with Gasteiger partial charge in [-0.25, -0.2) is 18.4 Å². The van der Waals surface area contributed by atoms with Crippen molar-refractivity contribution < 1.29 is 18.0 Å². The number of nitrogens with zero attached hydrogens (tertiary/aromatic N) is 4. The van der Waals surface area contributed by atoms with Gasteiger partial charge in [0.05, 0.1) is 5.69 Å². The van der Waals surface area contributed by atoms with E-state index in [9.17, 15) is 18.0 Å². The van der Waals surface area contributed by atoms with Crippen LogP contribution in [0.4, 0.5) is 0 Å². The fourth-order valence-corrected chi connectivity index (χ4v) is 6.07. The Morgan fingerprint density at radius 1 is 1.23 bits per heavy atom. The summed E-state index contributed by atoms with van der Waals surface area (Å²) in [6.45, 7) is 1.24. The molecule has 0 aliphatic carbocycles. The highest BCUT2D eigenvalue weighted by Gasteiger charge is 2.41. The average Bonchev–Trinajstić information content (AvgIpc) is 3.31. The van der Waals surface area contributed by atoms with Gasteiger partial charge in [0.15, 0.2) is 0 Å². The van der Waals surface area contributed by atoms with Crippen molar-refractivity contribution in [3.63, 3.8) is 0 Å². The number of nitrogens with one attached hydrogen (secondary N) is 3. The fourth-order valence-electron chi connectivity index (χ4n) is 4.43. The number of sulfonamides is 1. The molecule has 0 radical (unpaired) electrons. The number of amides is 2. The zero-order chi connectivity index (χ0) is 24.7. The molecular formula is C22H24ClN7O4S. The third-order valence-corrected chi connectivity index (χ3v) is 8.35. The van der Waals surface area contributed by atoms with Crippen LogP contribution in [-0.2, 0) is 27.8 Å². The Hall–Kier alpha value is -3.06. The number of carbonyl (C=O) groups is 2. The minimum absolute atomic E-state index is 0.00294. The molecule has 2 amide bonds. The molecule has 4 heterocycles. The van der Waals surface area contributed by atoms with Crippen LogP contribution in [0.15, 0.2) is 35.5 Å². The number of carbonyl (C=O) groups excluding carboxylic acids is 2. The molecule has 1 unspecified atom stereocenters. The van der Waals surface area contributed by atoms with Crippen molar-refractivity contribution in [3.05, 3.63) is 52.6 Å². The van der Waals surface area contributed by atoms with Gasteiger partial charge in [-0.2, -0.15) is 4.31 Å². The van der Waals surface area contributed by atoms with Crippen molar-refractivity contribution in [1.82, 2.24) is 34.8 Å². The summed E-state index contributed by atoms with van der Waals surface area (Å²) >= 11 is 6.03. The first kappa shape index (κ1) is 23.7. The molecule has 1 saturated heterocycles. The third-order valence-electron chi connectivity index (χ3n) is 6.33. The molecule has 1 atom stereocenters. The number of H-pyrrole nitrogens is 1. The summed E-state index contributed by atoms with van der Waals surface area (Å²) in [5.74, 6) is -0.968. The lowest BCUT2D eigenvalue weighted by atomic mass is 10.1. The maximum atomic E-state index is 13.4. The van der Waals surface area contributed by atoms with Gasteiger partial charge in [0.2, 0.25) is 11.7 Å². The van der Waals surface area contributed by atoms with E-state index in [-0.39, 0.29) is 30.5 Å². The number of likely N-dealkylation sites (N-methyl/N-ethyl adjacent to an activating group) is 1. The van der Waals surface area contributed by atoms with Crippen LogP contribution in [0.5, 0.6) is 0 Å². The van der Waals surface area contributed by atoms with E-state index in [1.807, 2.05) is 0 Å². The number of benzene rings is 1. The molecule has 3 N–H and O–H groups in total. The van der Waals surface area contributed by atoms with E-state index in [2.05, 4.69) is 25.6 Å². The first-order chi connectivity index (χ1) is 16.8. The van der Waals surface area contributed by atoms with E-state index in [1.54, 1.807) is 24.4 Å². The molecule has 3 aromatic rings. The number of fused-ring (bicyclic) bond motifs is 2. The Morgan fingerprint density at radius 2 is 2.06 bits per heavy atom. The molecule has 35 heavy (non-hydrogen) atoms. The summed E-state index contributed by atoms with van der Waals surface area (Å²) in [6.07, 6.45) is 2.30. The van der Waals surface area contributed by atoms with Crippen molar-refractivity contribution in [2.24, 2.45) is 0 Å². The Labute approximate surface area is 206 Å². The molecule has 2 aliphatic heterocycles. The van der Waals surface area contributed by atoms with Crippen molar-refractivity contribution in [3.8, 4) is 0 Å². The van der Waals surface area contributed by atoms with Gasteiger partial charge in [0.1, 0.15) is 11.1 Å². The molecular weight excluding hydrogens is 494 g/mol. The van der Waals surface area contributed by atoms with Crippen LogP contribution in [-0.4, -0.2) is 83.7 Å². The first-order valence-corrected chi connectivity index (χ1v) is 13.0. The van der Waals surface area contributed by atoms with Gasteiger partial charge in [-0.15, -0.1) is 0 Å². The molecule has 5 rings (SSSR count). The van der Waals surface area contributed by atoms with Crippen LogP contribution in [0.2, 0.25) is 5.02 Å². The Balaban J connectivity index is 1.41. The molecule has 0 spiro atoms. The lowest BCUT2D eigenvalue weighted by Gasteiger charge is -2.39. The second kappa shape index (κ2) is 9.19. The monoisotopic (exact) mass is 517 g/mol. The lowest BCUT2D eigenvalue weighted by molar-refractivity contribution is -0.126. The Bertz CT molecular complexity index is 1420. The lowest BCUT2D eigenvalue weighted by Crippen LogP contribution is -2.61. The first-order valence-electron chi connectivity index (χ1n) is 11.1. The SMILES string of the molecule is CNC(=O)C1CN(S(=O)(=O)c2cc3cc(Cl)ccc3[nH]2)CCN1C(=O)c1ncc2c(n1)CCNC2. The van der Waals surface area contributed by atoms with Gasteiger partial charge in [-0.05, 0) is 24.3 Å². The zero-order valence-electron chi connectivity index (χ0n) is 18.9. The van der Waals surface area contributed by atoms with Crippen molar-refractivity contribution in [1.29, 1.82) is 0 Å². The zero-order valence-corrected chi connectivity index (χ0v) is 20.5. The van der Waals surface area contributed by atoms with Gasteiger partial charge in [-0.3, -0.25) is 9.59 Å². The number of aromatic amines is 1. The average molecular weight is 518 g/mol. The van der Waals surface area contributed by atoms with Crippen molar-refractivity contribution in [2.45, 2.75) is 24.0 Å². The summed E-state index contributed by atoms with van der Waals surface area (Å²) < 4.78 is 28.0. The largest absolute Gasteiger partial charge is 0.357 e. The van der Waals surface area contributed by atoms with E-state index in [4.69, 9.17) is 11.6 Å². The van der Waals surface area contributed by atoms with Crippen molar-refractivity contribution in [2.75, 3.05) is 33.2 Å². The van der Waals surface area contributed by atoms with Gasteiger partial charge < -0.3 is 20.5 Å². The van der Waals surface area contributed by atoms with E-state index >= 15 is 0 Å². The van der Waals surface area contributed by atoms with E-state index in [0.29, 0.717) is 28.9 Å². The number of hydrogen-bond donors (Lipinski definition) is 3. The number of rotatable bonds is 4. The maximum Gasteiger partial charge on any atom is 0.292 e. The number of halogens is 1. The second-order valence-corrected chi connectivity index (χ2v) is 10.8. The van der Waals surface area contributed by atoms with Crippen LogP contribution >= 0.6 is 11.6 Å². The summed E-state index contributed by atoms with van der Waals surface area (Å²) in [7, 11) is -2.51. The summed E-state index contributed by atoms with van der Waals surface area (Å²) in [6, 6.07) is 5.53. The van der Waals surface area contributed by atoms with Gasteiger partial charge >= 0.3 is 0 Å². The van der Waals surface area contributed by atoms with Gasteiger partial charge in [-0.1, -0.05) is 11.6 Å². The third kappa shape index (κ3) is 4.38. The molecule has 0 saturated carbocycles. The highest BCUT2D eigenvalue weighted by atomic mass is 35.5. The molecule has 2 aliphatic rings. The standard InChI is InChI=1S/C22H24ClN7O4S/c1-24-21(31)18-12-29(35(33,34)19-9-13-8-15(23)2-3-16(13)27-19)6-7-30(18)22(32)20-26-11-14-10-25-5-4-17(14)28-20/h2-3,8-9,11,18,25,27H,4-7,10,12H2,1H3,(H,24,31). The normalized spacial score (nSPS) is 18.9. The quantitative estimate of drug-likeness (QED) is 0.458. The van der Waals surface area contributed by atoms with E-state index in [0.717, 1.165) is 17.8 Å². The fraction of sp³-hybridized carbons (Fsp3) is 0.364. The van der Waals surface area contributed by atoms with Gasteiger partial charge in [0, 0.05) is 73.9 Å².